The maximum atomic E-state index is 13.6. The number of hydrogen-bond acceptors (Lipinski definition) is 3. The van der Waals surface area contributed by atoms with Gasteiger partial charge in [0, 0.05) is 18.7 Å². The molecule has 136 valence electrons. The van der Waals surface area contributed by atoms with E-state index >= 15 is 0 Å². The van der Waals surface area contributed by atoms with Gasteiger partial charge < -0.3 is 10.1 Å². The lowest BCUT2D eigenvalue weighted by Gasteiger charge is -2.23. The summed E-state index contributed by atoms with van der Waals surface area (Å²) in [6.45, 7) is 0.736. The summed E-state index contributed by atoms with van der Waals surface area (Å²) in [5.74, 6) is -0.652. The fraction of sp³-hybridized carbons (Fsp3) is 0.300. The summed E-state index contributed by atoms with van der Waals surface area (Å²) < 4.78 is 19.0. The predicted octanol–water partition coefficient (Wildman–Crippen LogP) is 3.24. The lowest BCUT2D eigenvalue weighted by Crippen LogP contribution is -2.45. The van der Waals surface area contributed by atoms with Crippen LogP contribution in [0.2, 0.25) is 0 Å². The Morgan fingerprint density at radius 2 is 1.85 bits per heavy atom. The summed E-state index contributed by atoms with van der Waals surface area (Å²) in [6.07, 6.45) is 0.805. The SMILES string of the molecule is O=C(NCc1ccccc1F)C1CCCN1C(=O)OCc1ccccc1. The third-order valence-corrected chi connectivity index (χ3v) is 4.41. The van der Waals surface area contributed by atoms with Crippen molar-refractivity contribution in [2.24, 2.45) is 0 Å². The smallest absolute Gasteiger partial charge is 0.410 e. The van der Waals surface area contributed by atoms with Gasteiger partial charge in [0.15, 0.2) is 0 Å². The zero-order valence-corrected chi connectivity index (χ0v) is 14.4. The zero-order valence-electron chi connectivity index (χ0n) is 14.4. The average molecular weight is 356 g/mol. The monoisotopic (exact) mass is 356 g/mol. The van der Waals surface area contributed by atoms with E-state index in [1.807, 2.05) is 30.3 Å². The largest absolute Gasteiger partial charge is 0.445 e. The van der Waals surface area contributed by atoms with Crippen LogP contribution in [0.3, 0.4) is 0 Å². The van der Waals surface area contributed by atoms with E-state index < -0.39 is 12.1 Å². The summed E-state index contributed by atoms with van der Waals surface area (Å²) >= 11 is 0. The lowest BCUT2D eigenvalue weighted by molar-refractivity contribution is -0.125. The number of ether oxygens (including phenoxy) is 1. The Morgan fingerprint density at radius 1 is 1.12 bits per heavy atom. The minimum Gasteiger partial charge on any atom is -0.445 e. The highest BCUT2D eigenvalue weighted by atomic mass is 19.1. The second kappa shape index (κ2) is 8.47. The average Bonchev–Trinajstić information content (AvgIpc) is 3.16. The summed E-state index contributed by atoms with van der Waals surface area (Å²) in [6, 6.07) is 15.1. The first-order valence-electron chi connectivity index (χ1n) is 8.63. The molecule has 1 saturated heterocycles. The van der Waals surface area contributed by atoms with Crippen LogP contribution < -0.4 is 5.32 Å². The normalized spacial score (nSPS) is 16.3. The molecule has 5 nitrogen and oxygen atoms in total. The third kappa shape index (κ3) is 4.39. The van der Waals surface area contributed by atoms with E-state index in [1.54, 1.807) is 18.2 Å². The van der Waals surface area contributed by atoms with E-state index in [-0.39, 0.29) is 24.9 Å². The van der Waals surface area contributed by atoms with Crippen molar-refractivity contribution < 1.29 is 18.7 Å². The van der Waals surface area contributed by atoms with Gasteiger partial charge in [0.2, 0.25) is 5.91 Å². The highest BCUT2D eigenvalue weighted by Gasteiger charge is 2.35. The molecule has 0 aromatic heterocycles. The number of likely N-dealkylation sites (tertiary alicyclic amines) is 1. The highest BCUT2D eigenvalue weighted by molar-refractivity contribution is 5.86. The van der Waals surface area contributed by atoms with Crippen molar-refractivity contribution in [3.8, 4) is 0 Å². The van der Waals surface area contributed by atoms with Crippen molar-refractivity contribution in [2.45, 2.75) is 32.0 Å². The Morgan fingerprint density at radius 3 is 2.62 bits per heavy atom. The third-order valence-electron chi connectivity index (χ3n) is 4.41. The Kier molecular flexibility index (Phi) is 5.84. The van der Waals surface area contributed by atoms with Crippen LogP contribution in [0, 0.1) is 5.82 Å². The maximum Gasteiger partial charge on any atom is 0.410 e. The van der Waals surface area contributed by atoms with Crippen LogP contribution in [0.1, 0.15) is 24.0 Å². The molecular weight excluding hydrogens is 335 g/mol. The van der Waals surface area contributed by atoms with Crippen molar-refractivity contribution >= 4 is 12.0 Å². The Balaban J connectivity index is 1.54. The minimum atomic E-state index is -0.579. The Hall–Kier alpha value is -2.89. The number of hydrogen-bond donors (Lipinski definition) is 1. The number of rotatable bonds is 5. The molecule has 2 amide bonds. The molecule has 1 fully saturated rings. The van der Waals surface area contributed by atoms with Crippen LogP contribution in [-0.2, 0) is 22.7 Å². The molecule has 1 unspecified atom stereocenters. The van der Waals surface area contributed by atoms with Gasteiger partial charge in [-0.3, -0.25) is 9.69 Å². The fourth-order valence-corrected chi connectivity index (χ4v) is 3.00. The first-order chi connectivity index (χ1) is 12.6. The van der Waals surface area contributed by atoms with Crippen molar-refractivity contribution in [2.75, 3.05) is 6.54 Å². The van der Waals surface area contributed by atoms with Gasteiger partial charge in [0.05, 0.1) is 0 Å². The van der Waals surface area contributed by atoms with E-state index in [1.165, 1.54) is 11.0 Å². The molecule has 0 saturated carbocycles. The van der Waals surface area contributed by atoms with E-state index in [0.29, 0.717) is 18.5 Å². The van der Waals surface area contributed by atoms with Gasteiger partial charge in [0.1, 0.15) is 18.5 Å². The molecule has 0 radical (unpaired) electrons. The van der Waals surface area contributed by atoms with Gasteiger partial charge in [-0.2, -0.15) is 0 Å². The molecule has 1 aliphatic rings. The number of nitrogens with one attached hydrogen (secondary N) is 1. The summed E-state index contributed by atoms with van der Waals surface area (Å²) in [4.78, 5) is 26.2. The number of carbonyl (C=O) groups is 2. The van der Waals surface area contributed by atoms with Crippen LogP contribution >= 0.6 is 0 Å². The van der Waals surface area contributed by atoms with Gasteiger partial charge in [-0.25, -0.2) is 9.18 Å². The van der Waals surface area contributed by atoms with E-state index in [0.717, 1.165) is 12.0 Å². The molecule has 1 heterocycles. The van der Waals surface area contributed by atoms with Gasteiger partial charge >= 0.3 is 6.09 Å². The molecule has 26 heavy (non-hydrogen) atoms. The molecule has 1 aliphatic heterocycles. The van der Waals surface area contributed by atoms with Gasteiger partial charge in [-0.15, -0.1) is 0 Å². The van der Waals surface area contributed by atoms with Crippen LogP contribution in [0.4, 0.5) is 9.18 Å². The van der Waals surface area contributed by atoms with Gasteiger partial charge in [0.25, 0.3) is 0 Å². The van der Waals surface area contributed by atoms with Crippen molar-refractivity contribution in [1.29, 1.82) is 0 Å². The van der Waals surface area contributed by atoms with Crippen LogP contribution in [0.25, 0.3) is 0 Å². The van der Waals surface area contributed by atoms with Crippen LogP contribution in [0.15, 0.2) is 54.6 Å². The lowest BCUT2D eigenvalue weighted by atomic mass is 10.2. The number of carbonyl (C=O) groups excluding carboxylic acids is 2. The topological polar surface area (TPSA) is 58.6 Å². The first kappa shape index (κ1) is 17.9. The molecule has 2 aromatic carbocycles. The molecule has 0 spiro atoms. The molecule has 3 rings (SSSR count). The van der Waals surface area contributed by atoms with E-state index in [9.17, 15) is 14.0 Å². The molecule has 1 N–H and O–H groups in total. The predicted molar refractivity (Wildman–Crippen MR) is 94.6 cm³/mol. The summed E-state index contributed by atoms with van der Waals surface area (Å²) in [5.41, 5.74) is 1.30. The Bertz CT molecular complexity index is 767. The molecular formula is C20H21FN2O3. The number of halogens is 1. The molecule has 0 aliphatic carbocycles. The molecule has 0 bridgehead atoms. The second-order valence-corrected chi connectivity index (χ2v) is 6.20. The standard InChI is InChI=1S/C20H21FN2O3/c21-17-10-5-4-9-16(17)13-22-19(24)18-11-6-12-23(18)20(25)26-14-15-7-2-1-3-8-15/h1-5,7-10,18H,6,11-14H2,(H,22,24). The van der Waals surface area contributed by atoms with Gasteiger partial charge in [-0.1, -0.05) is 48.5 Å². The molecule has 1 atom stereocenters. The minimum absolute atomic E-state index is 0.0922. The quantitative estimate of drug-likeness (QED) is 0.895. The van der Waals surface area contributed by atoms with Crippen LogP contribution in [0.5, 0.6) is 0 Å². The first-order valence-corrected chi connectivity index (χ1v) is 8.63. The summed E-state index contributed by atoms with van der Waals surface area (Å²) in [7, 11) is 0. The van der Waals surface area contributed by atoms with Crippen LogP contribution in [-0.4, -0.2) is 29.5 Å². The van der Waals surface area contributed by atoms with Crippen molar-refractivity contribution in [1.82, 2.24) is 10.2 Å². The van der Waals surface area contributed by atoms with E-state index in [4.69, 9.17) is 4.74 Å². The maximum absolute atomic E-state index is 13.6. The summed E-state index contributed by atoms with van der Waals surface area (Å²) in [5, 5.41) is 2.71. The van der Waals surface area contributed by atoms with E-state index in [2.05, 4.69) is 5.32 Å². The molecule has 2 aromatic rings. The van der Waals surface area contributed by atoms with Crippen molar-refractivity contribution in [3.05, 3.63) is 71.5 Å². The number of nitrogens with zero attached hydrogens (tertiary/aromatic N) is 1. The number of amides is 2. The van der Waals surface area contributed by atoms with Gasteiger partial charge in [-0.05, 0) is 24.5 Å². The number of benzene rings is 2. The Labute approximate surface area is 151 Å². The van der Waals surface area contributed by atoms with Crippen molar-refractivity contribution in [3.63, 3.8) is 0 Å². The zero-order chi connectivity index (χ0) is 18.4. The molecule has 6 heteroatoms. The highest BCUT2D eigenvalue weighted by Crippen LogP contribution is 2.19. The fourth-order valence-electron chi connectivity index (χ4n) is 3.00. The second-order valence-electron chi connectivity index (χ2n) is 6.20.